The maximum atomic E-state index is 12.5. The largest absolute Gasteiger partial charge is 0.374 e. The molecular weight excluding hydrogens is 336 g/mol. The molecule has 2 fully saturated rings. The van der Waals surface area contributed by atoms with Crippen LogP contribution in [-0.2, 0) is 16.1 Å². The normalized spacial score (nSPS) is 20.5. The Morgan fingerprint density at radius 1 is 1.12 bits per heavy atom. The molecule has 4 nitrogen and oxygen atoms in total. The van der Waals surface area contributed by atoms with Crippen molar-refractivity contribution in [2.75, 3.05) is 5.32 Å². The van der Waals surface area contributed by atoms with E-state index in [0.29, 0.717) is 12.7 Å². The summed E-state index contributed by atoms with van der Waals surface area (Å²) in [5, 5.41) is 3.01. The summed E-state index contributed by atoms with van der Waals surface area (Å²) in [5.74, 6) is -0.0486. The van der Waals surface area contributed by atoms with Crippen LogP contribution >= 0.6 is 12.4 Å². The molecular formula is C20H31ClN2O2. The first kappa shape index (κ1) is 20.2. The lowest BCUT2D eigenvalue weighted by molar-refractivity contribution is -0.122. The Balaban J connectivity index is 0.00000225. The summed E-state index contributed by atoms with van der Waals surface area (Å²) in [6, 6.07) is 7.96. The van der Waals surface area contributed by atoms with E-state index in [1.165, 1.54) is 38.5 Å². The number of halogens is 1. The second kappa shape index (κ2) is 9.56. The molecule has 25 heavy (non-hydrogen) atoms. The van der Waals surface area contributed by atoms with E-state index < -0.39 is 5.54 Å². The van der Waals surface area contributed by atoms with E-state index in [1.54, 1.807) is 0 Å². The molecule has 5 heteroatoms. The van der Waals surface area contributed by atoms with Crippen molar-refractivity contribution < 1.29 is 9.53 Å². The number of hydrogen-bond acceptors (Lipinski definition) is 3. The predicted octanol–water partition coefficient (Wildman–Crippen LogP) is 4.56. The van der Waals surface area contributed by atoms with Crippen molar-refractivity contribution in [3.8, 4) is 0 Å². The number of carbonyl (C=O) groups is 1. The van der Waals surface area contributed by atoms with Gasteiger partial charge in [0.05, 0.1) is 18.2 Å². The van der Waals surface area contributed by atoms with Gasteiger partial charge in [-0.2, -0.15) is 0 Å². The lowest BCUT2D eigenvalue weighted by Gasteiger charge is -2.31. The van der Waals surface area contributed by atoms with Gasteiger partial charge in [-0.25, -0.2) is 0 Å². The maximum absolute atomic E-state index is 12.5. The molecule has 3 N–H and O–H groups in total. The monoisotopic (exact) mass is 366 g/mol. The molecule has 0 unspecified atom stereocenters. The van der Waals surface area contributed by atoms with Crippen LogP contribution in [-0.4, -0.2) is 17.6 Å². The Morgan fingerprint density at radius 2 is 1.80 bits per heavy atom. The fourth-order valence-corrected chi connectivity index (χ4v) is 3.85. The van der Waals surface area contributed by atoms with Crippen LogP contribution < -0.4 is 11.1 Å². The minimum Gasteiger partial charge on any atom is -0.374 e. The van der Waals surface area contributed by atoms with Gasteiger partial charge in [-0.05, 0) is 43.4 Å². The van der Waals surface area contributed by atoms with Gasteiger partial charge in [0.15, 0.2) is 0 Å². The molecule has 0 bridgehead atoms. The molecule has 0 saturated heterocycles. The number of ether oxygens (including phenoxy) is 1. The number of anilines is 1. The smallest absolute Gasteiger partial charge is 0.244 e. The van der Waals surface area contributed by atoms with Crippen molar-refractivity contribution in [3.05, 3.63) is 29.8 Å². The van der Waals surface area contributed by atoms with Gasteiger partial charge in [0, 0.05) is 5.69 Å². The third-order valence-corrected chi connectivity index (χ3v) is 5.42. The van der Waals surface area contributed by atoms with E-state index in [2.05, 4.69) is 11.4 Å². The Labute approximate surface area is 157 Å². The fourth-order valence-electron chi connectivity index (χ4n) is 3.85. The van der Waals surface area contributed by atoms with Gasteiger partial charge in [-0.1, -0.05) is 50.7 Å². The summed E-state index contributed by atoms with van der Waals surface area (Å²) in [5.41, 5.74) is 7.53. The minimum atomic E-state index is -0.702. The summed E-state index contributed by atoms with van der Waals surface area (Å²) in [6.45, 7) is 0.613. The van der Waals surface area contributed by atoms with Gasteiger partial charge in [0.2, 0.25) is 5.91 Å². The summed E-state index contributed by atoms with van der Waals surface area (Å²) < 4.78 is 6.03. The summed E-state index contributed by atoms with van der Waals surface area (Å²) in [6.07, 6.45) is 11.5. The van der Waals surface area contributed by atoms with E-state index in [1.807, 2.05) is 18.2 Å². The molecule has 2 aliphatic carbocycles. The second-order valence-corrected chi connectivity index (χ2v) is 7.44. The van der Waals surface area contributed by atoms with E-state index in [0.717, 1.165) is 36.9 Å². The lowest BCUT2D eigenvalue weighted by Crippen LogP contribution is -2.52. The zero-order valence-corrected chi connectivity index (χ0v) is 15.8. The molecule has 0 heterocycles. The zero-order chi connectivity index (χ0) is 16.8. The number of amides is 1. The molecule has 2 saturated carbocycles. The van der Waals surface area contributed by atoms with Crippen LogP contribution in [0, 0.1) is 0 Å². The third kappa shape index (κ3) is 5.70. The van der Waals surface area contributed by atoms with E-state index in [9.17, 15) is 4.79 Å². The van der Waals surface area contributed by atoms with Crippen molar-refractivity contribution in [2.45, 2.75) is 82.5 Å². The van der Waals surface area contributed by atoms with Crippen LogP contribution in [0.4, 0.5) is 5.69 Å². The molecule has 140 valence electrons. The third-order valence-electron chi connectivity index (χ3n) is 5.42. The van der Waals surface area contributed by atoms with Crippen LogP contribution in [0.1, 0.15) is 69.8 Å². The van der Waals surface area contributed by atoms with E-state index in [4.69, 9.17) is 10.5 Å². The highest BCUT2D eigenvalue weighted by atomic mass is 35.5. The van der Waals surface area contributed by atoms with Crippen molar-refractivity contribution in [1.29, 1.82) is 0 Å². The number of nitrogens with one attached hydrogen (secondary N) is 1. The van der Waals surface area contributed by atoms with Crippen LogP contribution in [0.15, 0.2) is 24.3 Å². The Kier molecular flexibility index (Phi) is 7.73. The molecule has 0 aliphatic heterocycles. The fraction of sp³-hybridized carbons (Fsp3) is 0.650. The topological polar surface area (TPSA) is 64.4 Å². The molecule has 1 aromatic carbocycles. The predicted molar refractivity (Wildman–Crippen MR) is 104 cm³/mol. The van der Waals surface area contributed by atoms with Crippen molar-refractivity contribution >= 4 is 24.0 Å². The van der Waals surface area contributed by atoms with Gasteiger partial charge in [-0.3, -0.25) is 4.79 Å². The number of rotatable bonds is 5. The summed E-state index contributed by atoms with van der Waals surface area (Å²) in [7, 11) is 0. The second-order valence-electron chi connectivity index (χ2n) is 7.44. The summed E-state index contributed by atoms with van der Waals surface area (Å²) >= 11 is 0. The SMILES string of the molecule is Cl.NC1(C(=O)Nc2cccc(COC3CCCCC3)c2)CCCCC1. The van der Waals surface area contributed by atoms with Gasteiger partial charge in [0.25, 0.3) is 0 Å². The van der Waals surface area contributed by atoms with E-state index >= 15 is 0 Å². The molecule has 2 aliphatic rings. The Morgan fingerprint density at radius 3 is 2.52 bits per heavy atom. The van der Waals surface area contributed by atoms with Crippen LogP contribution in [0.5, 0.6) is 0 Å². The maximum Gasteiger partial charge on any atom is 0.244 e. The number of nitrogens with two attached hydrogens (primary N) is 1. The minimum absolute atomic E-state index is 0. The molecule has 0 spiro atoms. The number of hydrogen-bond donors (Lipinski definition) is 2. The number of benzene rings is 1. The molecule has 0 radical (unpaired) electrons. The highest BCUT2D eigenvalue weighted by Gasteiger charge is 2.35. The van der Waals surface area contributed by atoms with Crippen LogP contribution in [0.25, 0.3) is 0 Å². The molecule has 1 aromatic rings. The Hall–Kier alpha value is -1.10. The van der Waals surface area contributed by atoms with Crippen molar-refractivity contribution in [2.24, 2.45) is 5.73 Å². The van der Waals surface area contributed by atoms with Gasteiger partial charge >= 0.3 is 0 Å². The number of carbonyl (C=O) groups excluding carboxylic acids is 1. The average molecular weight is 367 g/mol. The van der Waals surface area contributed by atoms with Gasteiger partial charge in [0.1, 0.15) is 0 Å². The van der Waals surface area contributed by atoms with E-state index in [-0.39, 0.29) is 18.3 Å². The molecule has 0 aromatic heterocycles. The first-order valence-electron chi connectivity index (χ1n) is 9.47. The molecule has 0 atom stereocenters. The molecule has 3 rings (SSSR count). The lowest BCUT2D eigenvalue weighted by atomic mass is 9.82. The first-order valence-corrected chi connectivity index (χ1v) is 9.47. The summed E-state index contributed by atoms with van der Waals surface area (Å²) in [4.78, 5) is 12.5. The quantitative estimate of drug-likeness (QED) is 0.802. The highest BCUT2D eigenvalue weighted by molar-refractivity contribution is 5.98. The first-order chi connectivity index (χ1) is 11.7. The molecule has 1 amide bonds. The van der Waals surface area contributed by atoms with Crippen molar-refractivity contribution in [3.63, 3.8) is 0 Å². The average Bonchev–Trinajstić information content (AvgIpc) is 2.62. The standard InChI is InChI=1S/C20H30N2O2.ClH/c21-20(12-5-2-6-13-20)19(23)22-17-9-7-8-16(14-17)15-24-18-10-3-1-4-11-18;/h7-9,14,18H,1-6,10-13,15,21H2,(H,22,23);1H. The van der Waals surface area contributed by atoms with Gasteiger partial charge in [-0.15, -0.1) is 12.4 Å². The zero-order valence-electron chi connectivity index (χ0n) is 15.0. The van der Waals surface area contributed by atoms with Crippen LogP contribution in [0.3, 0.4) is 0 Å². The van der Waals surface area contributed by atoms with Gasteiger partial charge < -0.3 is 15.8 Å². The Bertz CT molecular complexity index is 552. The van der Waals surface area contributed by atoms with Crippen molar-refractivity contribution in [1.82, 2.24) is 0 Å². The van der Waals surface area contributed by atoms with Crippen LogP contribution in [0.2, 0.25) is 0 Å². The highest BCUT2D eigenvalue weighted by Crippen LogP contribution is 2.27.